The summed E-state index contributed by atoms with van der Waals surface area (Å²) in [6.45, 7) is 7.21. The number of rotatable bonds is 5. The standard InChI is InChI=1S/C6H16NOP/c1-4-5-8-9-7-6(2)3/h6-7,9H,4-5H2,1-3H3. The Labute approximate surface area is 59.3 Å². The predicted molar refractivity (Wildman–Crippen MR) is 42.8 cm³/mol. The van der Waals surface area contributed by atoms with E-state index in [1.54, 1.807) is 0 Å². The molecule has 0 aliphatic carbocycles. The van der Waals surface area contributed by atoms with E-state index in [1.807, 2.05) is 0 Å². The first kappa shape index (κ1) is 9.35. The highest BCUT2D eigenvalue weighted by molar-refractivity contribution is 7.29. The molecule has 56 valence electrons. The average molecular weight is 149 g/mol. The van der Waals surface area contributed by atoms with Gasteiger partial charge < -0.3 is 4.52 Å². The maximum Gasteiger partial charge on any atom is 0.0863 e. The molecule has 0 bridgehead atoms. The zero-order valence-corrected chi connectivity index (χ0v) is 7.40. The Balaban J connectivity index is 2.75. The molecule has 0 aliphatic rings. The summed E-state index contributed by atoms with van der Waals surface area (Å²) in [6.07, 6.45) is 1.10. The highest BCUT2D eigenvalue weighted by Gasteiger charge is 1.89. The summed E-state index contributed by atoms with van der Waals surface area (Å²) in [5, 5.41) is 3.19. The molecular weight excluding hydrogens is 133 g/mol. The van der Waals surface area contributed by atoms with Crippen molar-refractivity contribution >= 4 is 8.96 Å². The molecule has 0 aliphatic heterocycles. The molecule has 1 atom stereocenters. The fourth-order valence-electron chi connectivity index (χ4n) is 0.313. The molecule has 9 heavy (non-hydrogen) atoms. The molecule has 3 heteroatoms. The van der Waals surface area contributed by atoms with Gasteiger partial charge >= 0.3 is 0 Å². The van der Waals surface area contributed by atoms with Crippen LogP contribution in [0.2, 0.25) is 0 Å². The van der Waals surface area contributed by atoms with Crippen molar-refractivity contribution < 1.29 is 4.52 Å². The summed E-state index contributed by atoms with van der Waals surface area (Å²) in [4.78, 5) is 0. The van der Waals surface area contributed by atoms with Crippen LogP contribution in [0.3, 0.4) is 0 Å². The van der Waals surface area contributed by atoms with E-state index in [2.05, 4.69) is 25.9 Å². The molecule has 0 saturated carbocycles. The summed E-state index contributed by atoms with van der Waals surface area (Å²) >= 11 is 0. The SMILES string of the molecule is CCCOPNC(C)C. The molecule has 0 aromatic heterocycles. The van der Waals surface area contributed by atoms with E-state index in [9.17, 15) is 0 Å². The molecule has 1 N–H and O–H groups in total. The van der Waals surface area contributed by atoms with E-state index < -0.39 is 0 Å². The van der Waals surface area contributed by atoms with Crippen LogP contribution in [0.4, 0.5) is 0 Å². The van der Waals surface area contributed by atoms with Crippen LogP contribution in [0.25, 0.3) is 0 Å². The second kappa shape index (κ2) is 6.47. The molecule has 0 fully saturated rings. The second-order valence-corrected chi connectivity index (χ2v) is 3.03. The van der Waals surface area contributed by atoms with E-state index in [0.717, 1.165) is 13.0 Å². The van der Waals surface area contributed by atoms with Crippen molar-refractivity contribution in [3.63, 3.8) is 0 Å². The molecule has 0 aromatic carbocycles. The van der Waals surface area contributed by atoms with E-state index in [1.165, 1.54) is 0 Å². The Kier molecular flexibility index (Phi) is 6.72. The summed E-state index contributed by atoms with van der Waals surface area (Å²) in [7, 11) is 0.469. The molecule has 0 saturated heterocycles. The van der Waals surface area contributed by atoms with Crippen LogP contribution >= 0.6 is 8.96 Å². The summed E-state index contributed by atoms with van der Waals surface area (Å²) in [5.41, 5.74) is 0. The third-order valence-corrected chi connectivity index (χ3v) is 1.77. The van der Waals surface area contributed by atoms with Crippen LogP contribution in [0, 0.1) is 0 Å². The Bertz CT molecular complexity index is 59.0. The Morgan fingerprint density at radius 2 is 2.22 bits per heavy atom. The normalized spacial score (nSPS) is 12.0. The third kappa shape index (κ3) is 8.35. The van der Waals surface area contributed by atoms with Gasteiger partial charge in [-0.2, -0.15) is 0 Å². The summed E-state index contributed by atoms with van der Waals surface area (Å²) in [6, 6.07) is 0.542. The minimum absolute atomic E-state index is 0.469. The number of nitrogens with one attached hydrogen (secondary N) is 1. The third-order valence-electron chi connectivity index (χ3n) is 0.726. The lowest BCUT2D eigenvalue weighted by atomic mass is 10.4. The monoisotopic (exact) mass is 149 g/mol. The van der Waals surface area contributed by atoms with Gasteiger partial charge in [-0.3, -0.25) is 5.09 Å². The Morgan fingerprint density at radius 1 is 1.56 bits per heavy atom. The molecule has 0 radical (unpaired) electrons. The smallest absolute Gasteiger partial charge is 0.0863 e. The highest BCUT2D eigenvalue weighted by atomic mass is 31.1. The summed E-state index contributed by atoms with van der Waals surface area (Å²) in [5.74, 6) is 0. The van der Waals surface area contributed by atoms with Crippen molar-refractivity contribution in [2.24, 2.45) is 0 Å². The largest absolute Gasteiger partial charge is 0.346 e. The fraction of sp³-hybridized carbons (Fsp3) is 1.00. The van der Waals surface area contributed by atoms with Crippen LogP contribution in [-0.2, 0) is 4.52 Å². The first-order valence-electron chi connectivity index (χ1n) is 3.39. The van der Waals surface area contributed by atoms with Crippen LogP contribution in [0.1, 0.15) is 27.2 Å². The topological polar surface area (TPSA) is 21.3 Å². The van der Waals surface area contributed by atoms with Crippen LogP contribution in [0.5, 0.6) is 0 Å². The van der Waals surface area contributed by atoms with E-state index in [-0.39, 0.29) is 0 Å². The molecule has 0 rings (SSSR count). The van der Waals surface area contributed by atoms with Gasteiger partial charge in [-0.1, -0.05) is 6.92 Å². The molecule has 0 heterocycles. The highest BCUT2D eigenvalue weighted by Crippen LogP contribution is 2.06. The van der Waals surface area contributed by atoms with Crippen molar-refractivity contribution in [2.45, 2.75) is 33.2 Å². The van der Waals surface area contributed by atoms with Gasteiger partial charge in [-0.25, -0.2) is 0 Å². The second-order valence-electron chi connectivity index (χ2n) is 2.25. The fourth-order valence-corrected chi connectivity index (χ4v) is 0.938. The minimum atomic E-state index is 0.469. The van der Waals surface area contributed by atoms with Crippen molar-refractivity contribution in [1.82, 2.24) is 5.09 Å². The van der Waals surface area contributed by atoms with Gasteiger partial charge in [-0.05, 0) is 20.3 Å². The van der Waals surface area contributed by atoms with Crippen molar-refractivity contribution in [3.05, 3.63) is 0 Å². The molecular formula is C6H16NOP. The molecule has 0 amide bonds. The number of hydrogen-bond donors (Lipinski definition) is 1. The van der Waals surface area contributed by atoms with Crippen molar-refractivity contribution in [1.29, 1.82) is 0 Å². The van der Waals surface area contributed by atoms with Gasteiger partial charge in [-0.15, -0.1) is 0 Å². The van der Waals surface area contributed by atoms with Gasteiger partial charge in [0.1, 0.15) is 0 Å². The Hall–Kier alpha value is 0.350. The lowest BCUT2D eigenvalue weighted by Crippen LogP contribution is -2.12. The summed E-state index contributed by atoms with van der Waals surface area (Å²) < 4.78 is 5.21. The zero-order valence-electron chi connectivity index (χ0n) is 6.40. The van der Waals surface area contributed by atoms with Crippen LogP contribution in [-0.4, -0.2) is 12.6 Å². The first-order valence-corrected chi connectivity index (χ1v) is 4.30. The molecule has 0 spiro atoms. The van der Waals surface area contributed by atoms with E-state index in [0.29, 0.717) is 15.0 Å². The van der Waals surface area contributed by atoms with Gasteiger partial charge in [0.05, 0.1) is 15.6 Å². The molecule has 1 unspecified atom stereocenters. The van der Waals surface area contributed by atoms with E-state index >= 15 is 0 Å². The van der Waals surface area contributed by atoms with Gasteiger partial charge in [0.25, 0.3) is 0 Å². The van der Waals surface area contributed by atoms with Crippen LogP contribution < -0.4 is 5.09 Å². The number of hydrogen-bond acceptors (Lipinski definition) is 2. The average Bonchev–Trinajstić information content (AvgIpc) is 1.80. The first-order chi connectivity index (χ1) is 4.27. The van der Waals surface area contributed by atoms with Gasteiger partial charge in [0.15, 0.2) is 0 Å². The lowest BCUT2D eigenvalue weighted by Gasteiger charge is -2.06. The molecule has 0 aromatic rings. The predicted octanol–water partition coefficient (Wildman–Crippen LogP) is 1.92. The van der Waals surface area contributed by atoms with Crippen molar-refractivity contribution in [3.8, 4) is 0 Å². The Morgan fingerprint density at radius 3 is 2.67 bits per heavy atom. The van der Waals surface area contributed by atoms with Crippen LogP contribution in [0.15, 0.2) is 0 Å². The van der Waals surface area contributed by atoms with Gasteiger partial charge in [0, 0.05) is 6.04 Å². The lowest BCUT2D eigenvalue weighted by molar-refractivity contribution is 0.355. The minimum Gasteiger partial charge on any atom is -0.346 e. The maximum absolute atomic E-state index is 5.21. The maximum atomic E-state index is 5.21. The van der Waals surface area contributed by atoms with Crippen molar-refractivity contribution in [2.75, 3.05) is 6.61 Å². The van der Waals surface area contributed by atoms with E-state index in [4.69, 9.17) is 4.52 Å². The molecule has 2 nitrogen and oxygen atoms in total. The quantitative estimate of drug-likeness (QED) is 0.476. The zero-order chi connectivity index (χ0) is 7.11. The van der Waals surface area contributed by atoms with Gasteiger partial charge in [0.2, 0.25) is 0 Å².